The second kappa shape index (κ2) is 8.05. The average Bonchev–Trinajstić information content (AvgIpc) is 2.63. The standard InChI is InChI=1S/C21H20F2N2OS/c1-13-5-4-6-15(9-13)10-17-14(2)24-21(25(3)20(17)26)27-12-16-7-8-18(22)19(23)11-16/h4-9,11H,10,12H2,1-3H3. The second-order valence-electron chi connectivity index (χ2n) is 6.53. The number of aryl methyl sites for hydroxylation is 2. The fourth-order valence-corrected chi connectivity index (χ4v) is 3.82. The number of hydrogen-bond acceptors (Lipinski definition) is 3. The molecule has 0 N–H and O–H groups in total. The molecule has 27 heavy (non-hydrogen) atoms. The lowest BCUT2D eigenvalue weighted by atomic mass is 10.0. The van der Waals surface area contributed by atoms with Crippen molar-refractivity contribution in [3.63, 3.8) is 0 Å². The maximum absolute atomic E-state index is 13.3. The number of rotatable bonds is 5. The van der Waals surface area contributed by atoms with Gasteiger partial charge < -0.3 is 0 Å². The molecule has 3 nitrogen and oxygen atoms in total. The van der Waals surface area contributed by atoms with Crippen LogP contribution in [0.1, 0.15) is 27.9 Å². The summed E-state index contributed by atoms with van der Waals surface area (Å²) in [5, 5.41) is 0.551. The third kappa shape index (κ3) is 4.45. The van der Waals surface area contributed by atoms with E-state index in [0.717, 1.165) is 17.2 Å². The predicted octanol–water partition coefficient (Wildman–Crippen LogP) is 4.56. The highest BCUT2D eigenvalue weighted by Gasteiger charge is 2.13. The van der Waals surface area contributed by atoms with Gasteiger partial charge in [0.05, 0.1) is 0 Å². The maximum atomic E-state index is 13.3. The quantitative estimate of drug-likeness (QED) is 0.476. The van der Waals surface area contributed by atoms with Crippen molar-refractivity contribution in [2.75, 3.05) is 0 Å². The maximum Gasteiger partial charge on any atom is 0.257 e. The lowest BCUT2D eigenvalue weighted by Crippen LogP contribution is -2.25. The topological polar surface area (TPSA) is 34.9 Å². The van der Waals surface area contributed by atoms with Crippen LogP contribution in [0.15, 0.2) is 52.4 Å². The van der Waals surface area contributed by atoms with E-state index in [1.165, 1.54) is 28.5 Å². The van der Waals surface area contributed by atoms with Crippen LogP contribution in [0.25, 0.3) is 0 Å². The Kier molecular flexibility index (Phi) is 5.75. The summed E-state index contributed by atoms with van der Waals surface area (Å²) in [6, 6.07) is 11.9. The normalized spacial score (nSPS) is 11.0. The number of thioether (sulfide) groups is 1. The van der Waals surface area contributed by atoms with Crippen molar-refractivity contribution in [3.8, 4) is 0 Å². The van der Waals surface area contributed by atoms with Crippen LogP contribution in [-0.2, 0) is 19.2 Å². The lowest BCUT2D eigenvalue weighted by Gasteiger charge is -2.12. The van der Waals surface area contributed by atoms with E-state index in [0.29, 0.717) is 34.2 Å². The zero-order chi connectivity index (χ0) is 19.6. The molecule has 0 fully saturated rings. The SMILES string of the molecule is Cc1cccc(Cc2c(C)nc(SCc3ccc(F)c(F)c3)n(C)c2=O)c1. The van der Waals surface area contributed by atoms with Gasteiger partial charge in [-0.05, 0) is 37.1 Å². The molecule has 0 radical (unpaired) electrons. The molecule has 3 rings (SSSR count). The van der Waals surface area contributed by atoms with Gasteiger partial charge in [-0.25, -0.2) is 13.8 Å². The van der Waals surface area contributed by atoms with Crippen molar-refractivity contribution in [1.29, 1.82) is 0 Å². The smallest absolute Gasteiger partial charge is 0.257 e. The minimum atomic E-state index is -0.875. The number of nitrogens with zero attached hydrogens (tertiary/aromatic N) is 2. The average molecular weight is 386 g/mol. The summed E-state index contributed by atoms with van der Waals surface area (Å²) in [6.07, 6.45) is 0.529. The van der Waals surface area contributed by atoms with Gasteiger partial charge in [0.1, 0.15) is 0 Å². The summed E-state index contributed by atoms with van der Waals surface area (Å²) in [5.41, 5.74) is 4.12. The monoisotopic (exact) mass is 386 g/mol. The Morgan fingerprint density at radius 2 is 1.81 bits per heavy atom. The second-order valence-corrected chi connectivity index (χ2v) is 7.47. The molecule has 0 saturated carbocycles. The molecule has 0 spiro atoms. The number of aromatic nitrogens is 2. The van der Waals surface area contributed by atoms with E-state index in [1.807, 2.05) is 32.0 Å². The third-order valence-electron chi connectivity index (χ3n) is 4.37. The van der Waals surface area contributed by atoms with Crippen molar-refractivity contribution >= 4 is 11.8 Å². The van der Waals surface area contributed by atoms with E-state index in [1.54, 1.807) is 7.05 Å². The summed E-state index contributed by atoms with van der Waals surface area (Å²) in [5.74, 6) is -1.35. The molecule has 3 aromatic rings. The molecule has 0 unspecified atom stereocenters. The zero-order valence-electron chi connectivity index (χ0n) is 15.4. The van der Waals surface area contributed by atoms with Gasteiger partial charge in [0.25, 0.3) is 5.56 Å². The van der Waals surface area contributed by atoms with E-state index < -0.39 is 11.6 Å². The van der Waals surface area contributed by atoms with Crippen LogP contribution in [0.4, 0.5) is 8.78 Å². The zero-order valence-corrected chi connectivity index (χ0v) is 16.2. The van der Waals surface area contributed by atoms with Crippen molar-refractivity contribution in [2.24, 2.45) is 7.05 Å². The first kappa shape index (κ1) is 19.3. The van der Waals surface area contributed by atoms with Gasteiger partial charge in [-0.15, -0.1) is 0 Å². The summed E-state index contributed by atoms with van der Waals surface area (Å²) < 4.78 is 27.9. The number of benzene rings is 2. The Morgan fingerprint density at radius 1 is 1.04 bits per heavy atom. The van der Waals surface area contributed by atoms with Crippen LogP contribution in [-0.4, -0.2) is 9.55 Å². The number of halogens is 2. The molecule has 0 aliphatic carbocycles. The highest BCUT2D eigenvalue weighted by molar-refractivity contribution is 7.98. The summed E-state index contributed by atoms with van der Waals surface area (Å²) in [6.45, 7) is 3.85. The largest absolute Gasteiger partial charge is 0.291 e. The van der Waals surface area contributed by atoms with E-state index in [9.17, 15) is 13.6 Å². The molecule has 1 aromatic heterocycles. The molecule has 0 aliphatic heterocycles. The van der Waals surface area contributed by atoms with E-state index in [-0.39, 0.29) is 5.56 Å². The summed E-state index contributed by atoms with van der Waals surface area (Å²) in [7, 11) is 1.68. The fraction of sp³-hybridized carbons (Fsp3) is 0.238. The highest BCUT2D eigenvalue weighted by atomic mass is 32.2. The van der Waals surface area contributed by atoms with Gasteiger partial charge in [-0.3, -0.25) is 9.36 Å². The fourth-order valence-electron chi connectivity index (χ4n) is 2.87. The Labute approximate surface area is 161 Å². The van der Waals surface area contributed by atoms with Crippen LogP contribution >= 0.6 is 11.8 Å². The van der Waals surface area contributed by atoms with Crippen LogP contribution < -0.4 is 5.56 Å². The summed E-state index contributed by atoms with van der Waals surface area (Å²) >= 11 is 1.32. The lowest BCUT2D eigenvalue weighted by molar-refractivity contribution is 0.507. The van der Waals surface area contributed by atoms with Gasteiger partial charge in [-0.1, -0.05) is 47.7 Å². The van der Waals surface area contributed by atoms with Gasteiger partial charge in [0, 0.05) is 30.5 Å². The molecule has 140 valence electrons. The van der Waals surface area contributed by atoms with Crippen molar-refractivity contribution in [1.82, 2.24) is 9.55 Å². The third-order valence-corrected chi connectivity index (χ3v) is 5.47. The van der Waals surface area contributed by atoms with E-state index in [4.69, 9.17) is 0 Å². The Hall–Kier alpha value is -2.47. The van der Waals surface area contributed by atoms with Gasteiger partial charge in [-0.2, -0.15) is 0 Å². The first-order chi connectivity index (χ1) is 12.8. The first-order valence-electron chi connectivity index (χ1n) is 8.54. The summed E-state index contributed by atoms with van der Waals surface area (Å²) in [4.78, 5) is 17.4. The minimum Gasteiger partial charge on any atom is -0.291 e. The van der Waals surface area contributed by atoms with Crippen molar-refractivity contribution < 1.29 is 8.78 Å². The molecular formula is C21H20F2N2OS. The Balaban J connectivity index is 1.83. The van der Waals surface area contributed by atoms with Crippen molar-refractivity contribution in [2.45, 2.75) is 31.2 Å². The minimum absolute atomic E-state index is 0.0863. The van der Waals surface area contributed by atoms with E-state index in [2.05, 4.69) is 11.1 Å². The van der Waals surface area contributed by atoms with Crippen LogP contribution in [0.2, 0.25) is 0 Å². The highest BCUT2D eigenvalue weighted by Crippen LogP contribution is 2.22. The predicted molar refractivity (Wildman–Crippen MR) is 104 cm³/mol. The molecule has 6 heteroatoms. The number of hydrogen-bond donors (Lipinski definition) is 0. The molecule has 1 heterocycles. The first-order valence-corrected chi connectivity index (χ1v) is 9.52. The molecule has 0 saturated heterocycles. The van der Waals surface area contributed by atoms with E-state index >= 15 is 0 Å². The molecule has 0 aliphatic rings. The van der Waals surface area contributed by atoms with Crippen LogP contribution in [0, 0.1) is 25.5 Å². The molecule has 0 amide bonds. The van der Waals surface area contributed by atoms with Gasteiger partial charge in [0.15, 0.2) is 16.8 Å². The molecule has 0 bridgehead atoms. The molecule has 2 aromatic carbocycles. The molecular weight excluding hydrogens is 366 g/mol. The Bertz CT molecular complexity index is 1050. The van der Waals surface area contributed by atoms with Crippen LogP contribution in [0.5, 0.6) is 0 Å². The Morgan fingerprint density at radius 3 is 2.52 bits per heavy atom. The van der Waals surface area contributed by atoms with Gasteiger partial charge in [0.2, 0.25) is 0 Å². The van der Waals surface area contributed by atoms with Crippen LogP contribution in [0.3, 0.4) is 0 Å². The molecule has 0 atom stereocenters. The van der Waals surface area contributed by atoms with Gasteiger partial charge >= 0.3 is 0 Å². The van der Waals surface area contributed by atoms with Crippen molar-refractivity contribution in [3.05, 3.63) is 92.4 Å².